The van der Waals surface area contributed by atoms with Crippen LogP contribution in [0.1, 0.15) is 12.5 Å². The van der Waals surface area contributed by atoms with Crippen LogP contribution in [0.2, 0.25) is 0 Å². The lowest BCUT2D eigenvalue weighted by Crippen LogP contribution is -2.14. The van der Waals surface area contributed by atoms with E-state index in [0.29, 0.717) is 5.69 Å². The lowest BCUT2D eigenvalue weighted by molar-refractivity contribution is 0.601. The monoisotopic (exact) mass is 290 g/mol. The first-order chi connectivity index (χ1) is 9.62. The molecule has 0 heterocycles. The summed E-state index contributed by atoms with van der Waals surface area (Å²) in [7, 11) is -3.52. The third-order valence-corrected chi connectivity index (χ3v) is 4.21. The van der Waals surface area contributed by atoms with Gasteiger partial charge in [0.15, 0.2) is 0 Å². The Hall–Kier alpha value is -1.85. The molecule has 0 aliphatic heterocycles. The molecule has 2 rings (SSSR count). The maximum absolute atomic E-state index is 12.2. The highest BCUT2D eigenvalue weighted by Gasteiger charge is 2.13. The number of hydrogen-bond donors (Lipinski definition) is 2. The predicted octanol–water partition coefficient (Wildman–Crippen LogP) is 2.60. The average Bonchev–Trinajstić information content (AvgIpc) is 2.46. The van der Waals surface area contributed by atoms with Gasteiger partial charge in [0.2, 0.25) is 0 Å². The first kappa shape index (κ1) is 14.6. The Morgan fingerprint density at radius 2 is 1.75 bits per heavy atom. The van der Waals surface area contributed by atoms with E-state index in [0.717, 1.165) is 18.7 Å². The van der Waals surface area contributed by atoms with E-state index in [1.165, 1.54) is 0 Å². The van der Waals surface area contributed by atoms with Crippen molar-refractivity contribution in [2.45, 2.75) is 18.4 Å². The molecule has 0 saturated carbocycles. The van der Waals surface area contributed by atoms with Crippen molar-refractivity contribution in [3.8, 4) is 0 Å². The van der Waals surface area contributed by atoms with Crippen LogP contribution >= 0.6 is 0 Å². The van der Waals surface area contributed by atoms with Crippen LogP contribution in [0.15, 0.2) is 59.5 Å². The van der Waals surface area contributed by atoms with Crippen LogP contribution in [-0.4, -0.2) is 15.0 Å². The van der Waals surface area contributed by atoms with Gasteiger partial charge in [-0.2, -0.15) is 0 Å². The quantitative estimate of drug-likeness (QED) is 0.859. The van der Waals surface area contributed by atoms with Crippen molar-refractivity contribution < 1.29 is 8.42 Å². The molecule has 106 valence electrons. The van der Waals surface area contributed by atoms with Gasteiger partial charge in [0.1, 0.15) is 0 Å². The van der Waals surface area contributed by atoms with E-state index in [2.05, 4.69) is 10.0 Å². The summed E-state index contributed by atoms with van der Waals surface area (Å²) in [6, 6.07) is 15.7. The van der Waals surface area contributed by atoms with Crippen LogP contribution < -0.4 is 10.0 Å². The van der Waals surface area contributed by atoms with Gasteiger partial charge < -0.3 is 5.32 Å². The van der Waals surface area contributed by atoms with Crippen LogP contribution in [0.3, 0.4) is 0 Å². The van der Waals surface area contributed by atoms with Gasteiger partial charge in [0, 0.05) is 12.2 Å². The molecule has 0 fully saturated rings. The third-order valence-electron chi connectivity index (χ3n) is 2.81. The molecule has 0 aliphatic rings. The first-order valence-corrected chi connectivity index (χ1v) is 7.97. The van der Waals surface area contributed by atoms with Crippen molar-refractivity contribution in [2.75, 3.05) is 11.3 Å². The first-order valence-electron chi connectivity index (χ1n) is 6.49. The van der Waals surface area contributed by atoms with E-state index in [4.69, 9.17) is 0 Å². The molecule has 20 heavy (non-hydrogen) atoms. The van der Waals surface area contributed by atoms with Gasteiger partial charge in [-0.05, 0) is 36.4 Å². The van der Waals surface area contributed by atoms with E-state index in [-0.39, 0.29) is 4.90 Å². The van der Waals surface area contributed by atoms with E-state index in [9.17, 15) is 8.42 Å². The standard InChI is InChI=1S/C15H18N2O2S/c1-2-16-12-13-7-6-8-14(11-13)17-20(18,19)15-9-4-3-5-10-15/h3-11,16-17H,2,12H2,1H3. The molecule has 0 saturated heterocycles. The third kappa shape index (κ3) is 3.82. The number of hydrogen-bond acceptors (Lipinski definition) is 3. The Morgan fingerprint density at radius 3 is 2.45 bits per heavy atom. The zero-order chi connectivity index (χ0) is 14.4. The summed E-state index contributed by atoms with van der Waals surface area (Å²) in [4.78, 5) is 0.261. The smallest absolute Gasteiger partial charge is 0.261 e. The Bertz CT molecular complexity index is 655. The van der Waals surface area contributed by atoms with Gasteiger partial charge in [-0.15, -0.1) is 0 Å². The SMILES string of the molecule is CCNCc1cccc(NS(=O)(=O)c2ccccc2)c1. The van der Waals surface area contributed by atoms with Crippen molar-refractivity contribution >= 4 is 15.7 Å². The Kier molecular flexibility index (Phi) is 4.76. The summed E-state index contributed by atoms with van der Waals surface area (Å²) >= 11 is 0. The second-order valence-corrected chi connectivity index (χ2v) is 6.08. The van der Waals surface area contributed by atoms with Crippen molar-refractivity contribution in [2.24, 2.45) is 0 Å². The predicted molar refractivity (Wildman–Crippen MR) is 81.1 cm³/mol. The van der Waals surface area contributed by atoms with E-state index < -0.39 is 10.0 Å². The maximum Gasteiger partial charge on any atom is 0.261 e. The highest BCUT2D eigenvalue weighted by Crippen LogP contribution is 2.16. The van der Waals surface area contributed by atoms with E-state index in [1.807, 2.05) is 25.1 Å². The molecular weight excluding hydrogens is 272 g/mol. The van der Waals surface area contributed by atoms with E-state index >= 15 is 0 Å². The normalized spacial score (nSPS) is 11.2. The van der Waals surface area contributed by atoms with Crippen molar-refractivity contribution in [3.05, 3.63) is 60.2 Å². The second kappa shape index (κ2) is 6.54. The molecule has 5 heteroatoms. The summed E-state index contributed by atoms with van der Waals surface area (Å²) in [6.07, 6.45) is 0. The molecule has 0 spiro atoms. The molecule has 2 aromatic carbocycles. The van der Waals surface area contributed by atoms with Crippen LogP contribution in [-0.2, 0) is 16.6 Å². The van der Waals surface area contributed by atoms with Gasteiger partial charge in [-0.25, -0.2) is 8.42 Å². The van der Waals surface area contributed by atoms with Gasteiger partial charge in [0.25, 0.3) is 10.0 Å². The number of rotatable bonds is 6. The Morgan fingerprint density at radius 1 is 1.00 bits per heavy atom. The van der Waals surface area contributed by atoms with Gasteiger partial charge in [-0.1, -0.05) is 37.3 Å². The minimum atomic E-state index is -3.52. The van der Waals surface area contributed by atoms with Crippen LogP contribution in [0.5, 0.6) is 0 Å². The maximum atomic E-state index is 12.2. The van der Waals surface area contributed by atoms with Gasteiger partial charge in [-0.3, -0.25) is 4.72 Å². The second-order valence-electron chi connectivity index (χ2n) is 4.40. The molecule has 2 N–H and O–H groups in total. The molecule has 0 unspecified atom stereocenters. The number of benzene rings is 2. The number of nitrogens with one attached hydrogen (secondary N) is 2. The molecule has 0 atom stereocenters. The fourth-order valence-corrected chi connectivity index (χ4v) is 2.90. The largest absolute Gasteiger partial charge is 0.313 e. The highest BCUT2D eigenvalue weighted by atomic mass is 32.2. The summed E-state index contributed by atoms with van der Waals surface area (Å²) in [6.45, 7) is 3.62. The molecule has 0 aromatic heterocycles. The molecule has 0 amide bonds. The Balaban J connectivity index is 2.17. The summed E-state index contributed by atoms with van der Waals surface area (Å²) < 4.78 is 27.0. The Labute approximate surface area is 119 Å². The van der Waals surface area contributed by atoms with Gasteiger partial charge >= 0.3 is 0 Å². The average molecular weight is 290 g/mol. The molecule has 0 aliphatic carbocycles. The molecule has 0 bridgehead atoms. The van der Waals surface area contributed by atoms with Crippen molar-refractivity contribution in [1.29, 1.82) is 0 Å². The summed E-state index contributed by atoms with van der Waals surface area (Å²) in [5, 5.41) is 3.21. The fraction of sp³-hybridized carbons (Fsp3) is 0.200. The topological polar surface area (TPSA) is 58.2 Å². The van der Waals surface area contributed by atoms with Crippen molar-refractivity contribution in [1.82, 2.24) is 5.32 Å². The molecule has 2 aromatic rings. The zero-order valence-corrected chi connectivity index (χ0v) is 12.2. The molecular formula is C15H18N2O2S. The number of anilines is 1. The van der Waals surface area contributed by atoms with Crippen LogP contribution in [0, 0.1) is 0 Å². The molecule has 0 radical (unpaired) electrons. The lowest BCUT2D eigenvalue weighted by Gasteiger charge is -2.09. The summed E-state index contributed by atoms with van der Waals surface area (Å²) in [5.74, 6) is 0. The van der Waals surface area contributed by atoms with E-state index in [1.54, 1.807) is 36.4 Å². The molecule has 4 nitrogen and oxygen atoms in total. The minimum absolute atomic E-state index is 0.261. The van der Waals surface area contributed by atoms with Gasteiger partial charge in [0.05, 0.1) is 4.90 Å². The zero-order valence-electron chi connectivity index (χ0n) is 11.3. The minimum Gasteiger partial charge on any atom is -0.313 e. The fourth-order valence-electron chi connectivity index (χ4n) is 1.83. The lowest BCUT2D eigenvalue weighted by atomic mass is 10.2. The summed E-state index contributed by atoms with van der Waals surface area (Å²) in [5.41, 5.74) is 1.62. The van der Waals surface area contributed by atoms with Crippen LogP contribution in [0.25, 0.3) is 0 Å². The van der Waals surface area contributed by atoms with Crippen LogP contribution in [0.4, 0.5) is 5.69 Å². The highest BCUT2D eigenvalue weighted by molar-refractivity contribution is 7.92. The number of sulfonamides is 1. The van der Waals surface area contributed by atoms with Crippen molar-refractivity contribution in [3.63, 3.8) is 0 Å².